The van der Waals surface area contributed by atoms with E-state index in [1.807, 2.05) is 13.0 Å². The van der Waals surface area contributed by atoms with E-state index >= 15 is 0 Å². The molecule has 0 radical (unpaired) electrons. The fraction of sp³-hybridized carbons (Fsp3) is 0.600. The number of phenols is 1. The first-order valence-electron chi connectivity index (χ1n) is 6.72. The van der Waals surface area contributed by atoms with Crippen LogP contribution in [0.1, 0.15) is 42.4 Å². The van der Waals surface area contributed by atoms with Gasteiger partial charge in [0.05, 0.1) is 0 Å². The lowest BCUT2D eigenvalue weighted by molar-refractivity contribution is 0.283. The van der Waals surface area contributed by atoms with Crippen LogP contribution in [-0.2, 0) is 12.8 Å². The zero-order valence-corrected chi connectivity index (χ0v) is 11.2. The maximum Gasteiger partial charge on any atom is 0.118 e. The number of unbranched alkanes of at least 4 members (excludes halogenated alkanes) is 2. The molecule has 102 valence electrons. The molecule has 0 heterocycles. The molecule has 0 aliphatic carbocycles. The van der Waals surface area contributed by atoms with Gasteiger partial charge in [0.2, 0.25) is 0 Å². The van der Waals surface area contributed by atoms with Gasteiger partial charge in [-0.3, -0.25) is 0 Å². The fourth-order valence-electron chi connectivity index (χ4n) is 2.22. The number of hydrogen-bond acceptors (Lipinski definition) is 3. The zero-order valence-electron chi connectivity index (χ0n) is 11.2. The Hall–Kier alpha value is -1.06. The SMILES string of the molecule is Cc1c(O)ccc(CCCCO)c1CCCCO. The summed E-state index contributed by atoms with van der Waals surface area (Å²) in [4.78, 5) is 0. The molecular formula is C15H24O3. The first kappa shape index (κ1) is 15.0. The van der Waals surface area contributed by atoms with Gasteiger partial charge in [0.1, 0.15) is 5.75 Å². The number of rotatable bonds is 8. The Kier molecular flexibility index (Phi) is 6.76. The molecule has 0 amide bonds. The molecule has 0 saturated heterocycles. The number of aliphatic hydroxyl groups is 2. The van der Waals surface area contributed by atoms with Crippen LogP contribution in [0.25, 0.3) is 0 Å². The van der Waals surface area contributed by atoms with Crippen LogP contribution in [0.3, 0.4) is 0 Å². The first-order chi connectivity index (χ1) is 8.70. The Labute approximate surface area is 109 Å². The minimum Gasteiger partial charge on any atom is -0.508 e. The smallest absolute Gasteiger partial charge is 0.118 e. The zero-order chi connectivity index (χ0) is 13.4. The summed E-state index contributed by atoms with van der Waals surface area (Å²) in [5.41, 5.74) is 3.42. The van der Waals surface area contributed by atoms with Crippen molar-refractivity contribution in [1.82, 2.24) is 0 Å². The van der Waals surface area contributed by atoms with Gasteiger partial charge >= 0.3 is 0 Å². The molecule has 0 spiro atoms. The van der Waals surface area contributed by atoms with Gasteiger partial charge in [0.25, 0.3) is 0 Å². The molecule has 1 rings (SSSR count). The minimum atomic E-state index is 0.220. The molecule has 3 N–H and O–H groups in total. The van der Waals surface area contributed by atoms with Gasteiger partial charge in [0, 0.05) is 13.2 Å². The Balaban J connectivity index is 2.76. The molecule has 0 aliphatic heterocycles. The van der Waals surface area contributed by atoms with Crippen LogP contribution in [-0.4, -0.2) is 28.5 Å². The second-order valence-corrected chi connectivity index (χ2v) is 4.71. The van der Waals surface area contributed by atoms with Gasteiger partial charge in [-0.15, -0.1) is 0 Å². The van der Waals surface area contributed by atoms with Crippen LogP contribution >= 0.6 is 0 Å². The average Bonchev–Trinajstić information content (AvgIpc) is 2.37. The van der Waals surface area contributed by atoms with Crippen molar-refractivity contribution in [3.05, 3.63) is 28.8 Å². The van der Waals surface area contributed by atoms with E-state index in [1.54, 1.807) is 6.07 Å². The number of benzene rings is 1. The van der Waals surface area contributed by atoms with E-state index in [0.29, 0.717) is 5.75 Å². The summed E-state index contributed by atoms with van der Waals surface area (Å²) in [5, 5.41) is 27.4. The van der Waals surface area contributed by atoms with Crippen molar-refractivity contribution in [3.63, 3.8) is 0 Å². The Bertz CT molecular complexity index is 361. The third-order valence-electron chi connectivity index (χ3n) is 3.36. The number of aliphatic hydroxyl groups excluding tert-OH is 2. The maximum atomic E-state index is 9.76. The largest absolute Gasteiger partial charge is 0.508 e. The first-order valence-corrected chi connectivity index (χ1v) is 6.72. The molecule has 0 bridgehead atoms. The standard InChI is InChI=1S/C15H24O3/c1-12-14(7-3-5-11-17)13(6-2-4-10-16)8-9-15(12)18/h8-9,16-18H,2-7,10-11H2,1H3. The average molecular weight is 252 g/mol. The Morgan fingerprint density at radius 1 is 0.889 bits per heavy atom. The lowest BCUT2D eigenvalue weighted by atomic mass is 9.93. The predicted octanol–water partition coefficient (Wildman–Crippen LogP) is 2.33. The quantitative estimate of drug-likeness (QED) is 0.622. The van der Waals surface area contributed by atoms with Crippen molar-refractivity contribution in [3.8, 4) is 5.75 Å². The number of hydrogen-bond donors (Lipinski definition) is 3. The van der Waals surface area contributed by atoms with E-state index in [2.05, 4.69) is 0 Å². The Morgan fingerprint density at radius 2 is 1.50 bits per heavy atom. The molecule has 0 unspecified atom stereocenters. The summed E-state index contributed by atoms with van der Waals surface area (Å²) in [7, 11) is 0. The molecule has 0 aliphatic rings. The molecule has 0 fully saturated rings. The van der Waals surface area contributed by atoms with Crippen LogP contribution in [0.15, 0.2) is 12.1 Å². The van der Waals surface area contributed by atoms with Crippen molar-refractivity contribution in [2.45, 2.75) is 45.4 Å². The molecule has 3 heteroatoms. The van der Waals surface area contributed by atoms with Crippen LogP contribution in [0.2, 0.25) is 0 Å². The molecule has 1 aromatic rings. The van der Waals surface area contributed by atoms with Gasteiger partial charge in [-0.1, -0.05) is 6.07 Å². The van der Waals surface area contributed by atoms with E-state index in [-0.39, 0.29) is 13.2 Å². The molecule has 0 atom stereocenters. The van der Waals surface area contributed by atoms with Crippen molar-refractivity contribution in [2.75, 3.05) is 13.2 Å². The predicted molar refractivity (Wildman–Crippen MR) is 72.9 cm³/mol. The molecule has 1 aromatic carbocycles. The van der Waals surface area contributed by atoms with Gasteiger partial charge in [0.15, 0.2) is 0 Å². The summed E-state index contributed by atoms with van der Waals surface area (Å²) in [6.07, 6.45) is 5.36. The third-order valence-corrected chi connectivity index (χ3v) is 3.36. The van der Waals surface area contributed by atoms with Gasteiger partial charge in [-0.05, 0) is 68.2 Å². The molecule has 0 saturated carbocycles. The van der Waals surface area contributed by atoms with Crippen LogP contribution < -0.4 is 0 Å². The summed E-state index contributed by atoms with van der Waals surface area (Å²) in [5.74, 6) is 0.347. The topological polar surface area (TPSA) is 60.7 Å². The second-order valence-electron chi connectivity index (χ2n) is 4.71. The van der Waals surface area contributed by atoms with E-state index in [9.17, 15) is 5.11 Å². The van der Waals surface area contributed by atoms with E-state index in [1.165, 1.54) is 11.1 Å². The monoisotopic (exact) mass is 252 g/mol. The van der Waals surface area contributed by atoms with Crippen molar-refractivity contribution >= 4 is 0 Å². The highest BCUT2D eigenvalue weighted by Crippen LogP contribution is 2.26. The molecule has 0 aromatic heterocycles. The van der Waals surface area contributed by atoms with E-state index in [0.717, 1.165) is 44.1 Å². The minimum absolute atomic E-state index is 0.220. The maximum absolute atomic E-state index is 9.76. The van der Waals surface area contributed by atoms with E-state index in [4.69, 9.17) is 10.2 Å². The summed E-state index contributed by atoms with van der Waals surface area (Å²) < 4.78 is 0. The van der Waals surface area contributed by atoms with Crippen molar-refractivity contribution < 1.29 is 15.3 Å². The highest BCUT2D eigenvalue weighted by atomic mass is 16.3. The fourth-order valence-corrected chi connectivity index (χ4v) is 2.22. The molecule has 18 heavy (non-hydrogen) atoms. The lowest BCUT2D eigenvalue weighted by Crippen LogP contribution is -2.00. The third kappa shape index (κ3) is 4.31. The normalized spacial score (nSPS) is 10.8. The Morgan fingerprint density at radius 3 is 2.11 bits per heavy atom. The summed E-state index contributed by atoms with van der Waals surface area (Å²) >= 11 is 0. The highest BCUT2D eigenvalue weighted by molar-refractivity contribution is 5.43. The van der Waals surface area contributed by atoms with Crippen LogP contribution in [0.4, 0.5) is 0 Å². The number of aryl methyl sites for hydroxylation is 1. The summed E-state index contributed by atoms with van der Waals surface area (Å²) in [6.45, 7) is 2.40. The van der Waals surface area contributed by atoms with Gasteiger partial charge in [-0.2, -0.15) is 0 Å². The van der Waals surface area contributed by atoms with Gasteiger partial charge < -0.3 is 15.3 Å². The van der Waals surface area contributed by atoms with Crippen LogP contribution in [0.5, 0.6) is 5.75 Å². The van der Waals surface area contributed by atoms with Crippen LogP contribution in [0, 0.1) is 6.92 Å². The lowest BCUT2D eigenvalue weighted by Gasteiger charge is -2.14. The van der Waals surface area contributed by atoms with E-state index < -0.39 is 0 Å². The molecule has 3 nitrogen and oxygen atoms in total. The highest BCUT2D eigenvalue weighted by Gasteiger charge is 2.09. The second kappa shape index (κ2) is 8.11. The number of phenolic OH excluding ortho intramolecular Hbond substituents is 1. The molecular weight excluding hydrogens is 228 g/mol. The van der Waals surface area contributed by atoms with Crippen molar-refractivity contribution in [1.29, 1.82) is 0 Å². The van der Waals surface area contributed by atoms with Crippen molar-refractivity contribution in [2.24, 2.45) is 0 Å². The van der Waals surface area contributed by atoms with Gasteiger partial charge in [-0.25, -0.2) is 0 Å². The number of aromatic hydroxyl groups is 1. The summed E-state index contributed by atoms with van der Waals surface area (Å²) in [6, 6.07) is 3.73.